The normalized spacial score (nSPS) is 19.4. The van der Waals surface area contributed by atoms with E-state index in [-0.39, 0.29) is 30.4 Å². The van der Waals surface area contributed by atoms with Crippen molar-refractivity contribution in [3.63, 3.8) is 0 Å². The van der Waals surface area contributed by atoms with Gasteiger partial charge in [0.2, 0.25) is 5.91 Å². The van der Waals surface area contributed by atoms with Gasteiger partial charge in [-0.2, -0.15) is 0 Å². The van der Waals surface area contributed by atoms with Gasteiger partial charge in [-0.05, 0) is 29.3 Å². The van der Waals surface area contributed by atoms with E-state index in [1.807, 2.05) is 30.3 Å². The van der Waals surface area contributed by atoms with Gasteiger partial charge in [0.05, 0.1) is 12.1 Å². The zero-order chi connectivity index (χ0) is 18.1. The van der Waals surface area contributed by atoms with Crippen LogP contribution in [0.3, 0.4) is 0 Å². The average Bonchev–Trinajstić information content (AvgIpc) is 2.67. The largest absolute Gasteiger partial charge is 0.454 e. The highest BCUT2D eigenvalue weighted by Crippen LogP contribution is 2.31. The Balaban J connectivity index is 1.61. The third-order valence-corrected chi connectivity index (χ3v) is 4.72. The number of amides is 2. The van der Waals surface area contributed by atoms with E-state index >= 15 is 0 Å². The lowest BCUT2D eigenvalue weighted by molar-refractivity contribution is -0.123. The van der Waals surface area contributed by atoms with Crippen molar-refractivity contribution < 1.29 is 19.1 Å². The van der Waals surface area contributed by atoms with Gasteiger partial charge >= 0.3 is 5.97 Å². The first-order valence-electron chi connectivity index (χ1n) is 8.56. The Morgan fingerprint density at radius 1 is 1.12 bits per heavy atom. The second-order valence-electron chi connectivity index (χ2n) is 6.46. The molecule has 1 atom stereocenters. The maximum Gasteiger partial charge on any atom is 0.339 e. The Morgan fingerprint density at radius 3 is 2.69 bits per heavy atom. The van der Waals surface area contributed by atoms with Crippen LogP contribution in [0.1, 0.15) is 37.9 Å². The second-order valence-corrected chi connectivity index (χ2v) is 6.46. The number of carbonyl (C=O) groups excluding carboxylic acids is 3. The molecule has 2 aliphatic rings. The van der Waals surface area contributed by atoms with Gasteiger partial charge in [-0.25, -0.2) is 4.79 Å². The molecule has 1 N–H and O–H groups in total. The van der Waals surface area contributed by atoms with Gasteiger partial charge in [0.1, 0.15) is 6.10 Å². The molecule has 0 aromatic heterocycles. The second kappa shape index (κ2) is 6.63. The molecule has 1 fully saturated rings. The molecular weight excluding hydrogens is 332 g/mol. The van der Waals surface area contributed by atoms with Gasteiger partial charge in [0.15, 0.2) is 0 Å². The number of nitrogens with zero attached hydrogens (tertiary/aromatic N) is 1. The van der Waals surface area contributed by atoms with E-state index in [1.165, 1.54) is 4.90 Å². The lowest BCUT2D eigenvalue weighted by Gasteiger charge is -2.28. The fourth-order valence-corrected chi connectivity index (χ4v) is 3.38. The summed E-state index contributed by atoms with van der Waals surface area (Å²) in [5, 5.41) is 2.70. The summed E-state index contributed by atoms with van der Waals surface area (Å²) in [5.41, 5.74) is 2.70. The molecule has 132 valence electrons. The highest BCUT2D eigenvalue weighted by molar-refractivity contribution is 5.99. The summed E-state index contributed by atoms with van der Waals surface area (Å²) in [5.74, 6) is -0.732. The van der Waals surface area contributed by atoms with Crippen LogP contribution in [0.2, 0.25) is 0 Å². The van der Waals surface area contributed by atoms with E-state index in [0.29, 0.717) is 30.6 Å². The monoisotopic (exact) mass is 350 g/mol. The van der Waals surface area contributed by atoms with Crippen molar-refractivity contribution in [1.29, 1.82) is 0 Å². The molecule has 0 saturated carbocycles. The third-order valence-electron chi connectivity index (χ3n) is 4.72. The zero-order valence-electron chi connectivity index (χ0n) is 14.1. The summed E-state index contributed by atoms with van der Waals surface area (Å²) in [6, 6.07) is 14.6. The predicted octanol–water partition coefficient (Wildman–Crippen LogP) is 1.71. The molecule has 0 unspecified atom stereocenters. The van der Waals surface area contributed by atoms with Crippen LogP contribution in [0, 0.1) is 0 Å². The molecule has 0 radical (unpaired) electrons. The van der Waals surface area contributed by atoms with Crippen LogP contribution in [-0.4, -0.2) is 42.3 Å². The van der Waals surface area contributed by atoms with Crippen LogP contribution in [-0.2, 0) is 16.0 Å². The van der Waals surface area contributed by atoms with Crippen molar-refractivity contribution >= 4 is 17.8 Å². The number of piperazine rings is 1. The number of fused-ring (bicyclic) bond motifs is 1. The standard InChI is InChI=1S/C20H18N2O4/c23-18-12-22(9-8-21-18)19(24)14-6-7-16-15(10-14)11-17(26-20(16)25)13-4-2-1-3-5-13/h1-7,10,17H,8-9,11-12H2,(H,21,23)/t17-/m0/s1. The third kappa shape index (κ3) is 3.06. The fraction of sp³-hybridized carbons (Fsp3) is 0.250. The molecule has 0 bridgehead atoms. The van der Waals surface area contributed by atoms with Crippen molar-refractivity contribution in [1.82, 2.24) is 10.2 Å². The summed E-state index contributed by atoms with van der Waals surface area (Å²) in [4.78, 5) is 38.1. The molecule has 2 aliphatic heterocycles. The Labute approximate surface area is 150 Å². The zero-order valence-corrected chi connectivity index (χ0v) is 14.1. The number of rotatable bonds is 2. The number of carbonyl (C=O) groups is 3. The first-order valence-corrected chi connectivity index (χ1v) is 8.56. The highest BCUT2D eigenvalue weighted by Gasteiger charge is 2.29. The van der Waals surface area contributed by atoms with Crippen molar-refractivity contribution in [3.8, 4) is 0 Å². The van der Waals surface area contributed by atoms with Gasteiger partial charge in [-0.3, -0.25) is 9.59 Å². The van der Waals surface area contributed by atoms with Crippen LogP contribution >= 0.6 is 0 Å². The lowest BCUT2D eigenvalue weighted by Crippen LogP contribution is -2.50. The van der Waals surface area contributed by atoms with Crippen molar-refractivity contribution in [2.45, 2.75) is 12.5 Å². The SMILES string of the molecule is O=C1CN(C(=O)c2ccc3c(c2)C[C@@H](c2ccccc2)OC3=O)CCN1. The van der Waals surface area contributed by atoms with Crippen molar-refractivity contribution in [2.24, 2.45) is 0 Å². The molecule has 26 heavy (non-hydrogen) atoms. The molecule has 6 heteroatoms. The minimum Gasteiger partial charge on any atom is -0.454 e. The summed E-state index contributed by atoms with van der Waals surface area (Å²) < 4.78 is 5.54. The maximum atomic E-state index is 12.7. The van der Waals surface area contributed by atoms with Gasteiger partial charge < -0.3 is 15.0 Å². The Bertz CT molecular complexity index is 879. The number of hydrogen-bond donors (Lipinski definition) is 1. The molecule has 0 spiro atoms. The van der Waals surface area contributed by atoms with E-state index in [4.69, 9.17) is 4.74 Å². The Kier molecular flexibility index (Phi) is 4.16. The summed E-state index contributed by atoms with van der Waals surface area (Å²) in [6.07, 6.45) is 0.162. The molecule has 2 amide bonds. The van der Waals surface area contributed by atoms with E-state index in [1.54, 1.807) is 18.2 Å². The number of esters is 1. The summed E-state index contributed by atoms with van der Waals surface area (Å²) in [6.45, 7) is 0.999. The number of cyclic esters (lactones) is 1. The minimum absolute atomic E-state index is 0.0601. The first-order chi connectivity index (χ1) is 12.6. The smallest absolute Gasteiger partial charge is 0.339 e. The molecule has 0 aliphatic carbocycles. The van der Waals surface area contributed by atoms with Crippen LogP contribution in [0.4, 0.5) is 0 Å². The van der Waals surface area contributed by atoms with Gasteiger partial charge in [-0.1, -0.05) is 30.3 Å². The molecule has 4 rings (SSSR count). The summed E-state index contributed by atoms with van der Waals surface area (Å²) in [7, 11) is 0. The molecule has 2 aromatic carbocycles. The van der Waals surface area contributed by atoms with E-state index < -0.39 is 0 Å². The molecule has 2 aromatic rings. The van der Waals surface area contributed by atoms with Crippen LogP contribution in [0.5, 0.6) is 0 Å². The fourth-order valence-electron chi connectivity index (χ4n) is 3.38. The van der Waals surface area contributed by atoms with Crippen LogP contribution in [0.15, 0.2) is 48.5 Å². The lowest BCUT2D eigenvalue weighted by atomic mass is 9.93. The van der Waals surface area contributed by atoms with Gasteiger partial charge in [-0.15, -0.1) is 0 Å². The number of hydrogen-bond acceptors (Lipinski definition) is 4. The first kappa shape index (κ1) is 16.3. The van der Waals surface area contributed by atoms with Gasteiger partial charge in [0.25, 0.3) is 5.91 Å². The number of nitrogens with one attached hydrogen (secondary N) is 1. The van der Waals surface area contributed by atoms with E-state index in [2.05, 4.69) is 5.32 Å². The van der Waals surface area contributed by atoms with Crippen molar-refractivity contribution in [3.05, 3.63) is 70.8 Å². The predicted molar refractivity (Wildman–Crippen MR) is 93.7 cm³/mol. The van der Waals surface area contributed by atoms with E-state index in [0.717, 1.165) is 11.1 Å². The van der Waals surface area contributed by atoms with Crippen LogP contribution < -0.4 is 5.32 Å². The maximum absolute atomic E-state index is 12.7. The average molecular weight is 350 g/mol. The topological polar surface area (TPSA) is 75.7 Å². The Hall–Kier alpha value is -3.15. The summed E-state index contributed by atoms with van der Waals surface area (Å²) >= 11 is 0. The molecule has 6 nitrogen and oxygen atoms in total. The molecule has 2 heterocycles. The minimum atomic E-state index is -0.378. The van der Waals surface area contributed by atoms with E-state index in [9.17, 15) is 14.4 Å². The quantitative estimate of drug-likeness (QED) is 0.837. The molecule has 1 saturated heterocycles. The van der Waals surface area contributed by atoms with Gasteiger partial charge in [0, 0.05) is 25.1 Å². The molecular formula is C20H18N2O4. The number of ether oxygens (including phenoxy) is 1. The highest BCUT2D eigenvalue weighted by atomic mass is 16.5. The Morgan fingerprint density at radius 2 is 1.92 bits per heavy atom. The van der Waals surface area contributed by atoms with Crippen LogP contribution in [0.25, 0.3) is 0 Å². The number of benzene rings is 2. The van der Waals surface area contributed by atoms with Crippen molar-refractivity contribution in [2.75, 3.05) is 19.6 Å².